The van der Waals surface area contributed by atoms with Crippen molar-refractivity contribution in [2.75, 3.05) is 32.9 Å². The zero-order valence-electron chi connectivity index (χ0n) is 13.6. The van der Waals surface area contributed by atoms with Crippen molar-refractivity contribution in [3.63, 3.8) is 0 Å². The third-order valence-corrected chi connectivity index (χ3v) is 4.58. The van der Waals surface area contributed by atoms with Gasteiger partial charge in [-0.1, -0.05) is 27.2 Å². The first-order chi connectivity index (χ1) is 9.18. The molecule has 0 saturated heterocycles. The summed E-state index contributed by atoms with van der Waals surface area (Å²) >= 11 is 0. The molecule has 0 radical (unpaired) electrons. The maximum absolute atomic E-state index is 11.9. The first kappa shape index (κ1) is 19.4. The quantitative estimate of drug-likeness (QED) is 0.620. The second kappa shape index (κ2) is 9.34. The van der Waals surface area contributed by atoms with Gasteiger partial charge in [0.2, 0.25) is 15.9 Å². The Morgan fingerprint density at radius 1 is 1.15 bits per heavy atom. The van der Waals surface area contributed by atoms with Gasteiger partial charge in [-0.15, -0.1) is 0 Å². The van der Waals surface area contributed by atoms with E-state index < -0.39 is 10.0 Å². The van der Waals surface area contributed by atoms with Crippen LogP contribution in [0.5, 0.6) is 0 Å². The molecule has 0 aliphatic rings. The minimum absolute atomic E-state index is 0.0108. The number of nitrogens with zero attached hydrogens (tertiary/aromatic N) is 2. The van der Waals surface area contributed by atoms with Crippen LogP contribution in [0.2, 0.25) is 0 Å². The molecule has 0 saturated carbocycles. The van der Waals surface area contributed by atoms with Crippen molar-refractivity contribution in [2.24, 2.45) is 5.92 Å². The molecular formula is C14H30N2O3S. The first-order valence-corrected chi connectivity index (χ1v) is 9.22. The molecule has 0 N–H and O–H groups in total. The highest BCUT2D eigenvalue weighted by atomic mass is 32.2. The second-order valence-corrected chi connectivity index (χ2v) is 7.75. The molecule has 0 spiro atoms. The summed E-state index contributed by atoms with van der Waals surface area (Å²) in [5.41, 5.74) is 0. The number of hydrogen-bond donors (Lipinski definition) is 0. The van der Waals surface area contributed by atoms with Gasteiger partial charge in [-0.25, -0.2) is 12.7 Å². The standard InChI is InChI=1S/C14H30N2O3S/c1-6-7-10-15(4)14(17)9-12-16(20(5,18)19)11-8-13(2)3/h13H,6-12H2,1-5H3. The number of unbranched alkanes of at least 4 members (excludes halogenated alkanes) is 1. The van der Waals surface area contributed by atoms with Gasteiger partial charge in [-0.3, -0.25) is 4.79 Å². The summed E-state index contributed by atoms with van der Waals surface area (Å²) in [6, 6.07) is 0. The van der Waals surface area contributed by atoms with E-state index in [4.69, 9.17) is 0 Å². The van der Waals surface area contributed by atoms with Crippen molar-refractivity contribution in [3.8, 4) is 0 Å². The van der Waals surface area contributed by atoms with E-state index in [9.17, 15) is 13.2 Å². The van der Waals surface area contributed by atoms with E-state index in [0.717, 1.165) is 25.8 Å². The summed E-state index contributed by atoms with van der Waals surface area (Å²) in [6.45, 7) is 7.70. The fourth-order valence-corrected chi connectivity index (χ4v) is 2.64. The maximum Gasteiger partial charge on any atom is 0.223 e. The summed E-state index contributed by atoms with van der Waals surface area (Å²) in [5, 5.41) is 0. The van der Waals surface area contributed by atoms with Gasteiger partial charge in [-0.05, 0) is 18.8 Å². The maximum atomic E-state index is 11.9. The second-order valence-electron chi connectivity index (χ2n) is 5.76. The average molecular weight is 306 g/mol. The van der Waals surface area contributed by atoms with Crippen LogP contribution in [0.1, 0.15) is 46.5 Å². The average Bonchev–Trinajstić information content (AvgIpc) is 2.33. The molecule has 1 amide bonds. The minimum Gasteiger partial charge on any atom is -0.346 e. The van der Waals surface area contributed by atoms with Crippen molar-refractivity contribution in [1.29, 1.82) is 0 Å². The van der Waals surface area contributed by atoms with E-state index >= 15 is 0 Å². The molecule has 0 atom stereocenters. The van der Waals surface area contributed by atoms with Gasteiger partial charge >= 0.3 is 0 Å². The highest BCUT2D eigenvalue weighted by molar-refractivity contribution is 7.88. The summed E-state index contributed by atoms with van der Waals surface area (Å²) in [7, 11) is -1.46. The summed E-state index contributed by atoms with van der Waals surface area (Å²) < 4.78 is 24.8. The molecule has 0 aliphatic heterocycles. The molecule has 0 aromatic carbocycles. The van der Waals surface area contributed by atoms with E-state index in [1.54, 1.807) is 11.9 Å². The van der Waals surface area contributed by atoms with Crippen LogP contribution >= 0.6 is 0 Å². The summed E-state index contributed by atoms with van der Waals surface area (Å²) in [4.78, 5) is 13.6. The Hall–Kier alpha value is -0.620. The van der Waals surface area contributed by atoms with Crippen LogP contribution in [0.15, 0.2) is 0 Å². The van der Waals surface area contributed by atoms with Gasteiger partial charge in [0.05, 0.1) is 6.26 Å². The number of amides is 1. The monoisotopic (exact) mass is 306 g/mol. The molecular weight excluding hydrogens is 276 g/mol. The summed E-state index contributed by atoms with van der Waals surface area (Å²) in [5.74, 6) is 0.457. The molecule has 0 unspecified atom stereocenters. The Morgan fingerprint density at radius 2 is 1.75 bits per heavy atom. The molecule has 0 bridgehead atoms. The molecule has 0 aromatic rings. The Balaban J connectivity index is 4.35. The van der Waals surface area contributed by atoms with Crippen LogP contribution in [0.3, 0.4) is 0 Å². The Kier molecular flexibility index (Phi) is 9.05. The van der Waals surface area contributed by atoms with E-state index in [-0.39, 0.29) is 18.9 Å². The van der Waals surface area contributed by atoms with E-state index in [2.05, 4.69) is 20.8 Å². The molecule has 0 aliphatic carbocycles. The highest BCUT2D eigenvalue weighted by Crippen LogP contribution is 2.07. The van der Waals surface area contributed by atoms with Crippen molar-refractivity contribution < 1.29 is 13.2 Å². The van der Waals surface area contributed by atoms with Gasteiger partial charge in [-0.2, -0.15) is 0 Å². The molecule has 120 valence electrons. The molecule has 0 rings (SSSR count). The lowest BCUT2D eigenvalue weighted by Crippen LogP contribution is -2.36. The van der Waals surface area contributed by atoms with E-state index in [1.165, 1.54) is 10.6 Å². The number of sulfonamides is 1. The fourth-order valence-electron chi connectivity index (χ4n) is 1.78. The van der Waals surface area contributed by atoms with Gasteiger partial charge in [0.15, 0.2) is 0 Å². The van der Waals surface area contributed by atoms with Crippen LogP contribution in [-0.4, -0.2) is 56.5 Å². The predicted molar refractivity (Wildman–Crippen MR) is 83.0 cm³/mol. The number of rotatable bonds is 10. The molecule has 0 aromatic heterocycles. The zero-order chi connectivity index (χ0) is 15.8. The Bertz CT molecular complexity index is 380. The number of carbonyl (C=O) groups is 1. The van der Waals surface area contributed by atoms with E-state index in [0.29, 0.717) is 12.5 Å². The van der Waals surface area contributed by atoms with Crippen LogP contribution in [0.25, 0.3) is 0 Å². The van der Waals surface area contributed by atoms with Gasteiger partial charge in [0.1, 0.15) is 0 Å². The van der Waals surface area contributed by atoms with Crippen LogP contribution in [-0.2, 0) is 14.8 Å². The Morgan fingerprint density at radius 3 is 2.20 bits per heavy atom. The first-order valence-electron chi connectivity index (χ1n) is 7.37. The Labute approximate surface area is 124 Å². The normalized spacial score (nSPS) is 12.2. The van der Waals surface area contributed by atoms with Crippen molar-refractivity contribution in [1.82, 2.24) is 9.21 Å². The fraction of sp³-hybridized carbons (Fsp3) is 0.929. The van der Waals surface area contributed by atoms with Crippen LogP contribution in [0.4, 0.5) is 0 Å². The largest absolute Gasteiger partial charge is 0.346 e. The lowest BCUT2D eigenvalue weighted by molar-refractivity contribution is -0.130. The van der Waals surface area contributed by atoms with Gasteiger partial charge < -0.3 is 4.90 Å². The minimum atomic E-state index is -3.24. The van der Waals surface area contributed by atoms with E-state index in [1.807, 2.05) is 0 Å². The highest BCUT2D eigenvalue weighted by Gasteiger charge is 2.19. The SMILES string of the molecule is CCCCN(C)C(=O)CCN(CCC(C)C)S(C)(=O)=O. The number of carbonyl (C=O) groups excluding carboxylic acids is 1. The predicted octanol–water partition coefficient (Wildman–Crippen LogP) is 1.94. The van der Waals surface area contributed by atoms with Crippen LogP contribution < -0.4 is 0 Å². The zero-order valence-corrected chi connectivity index (χ0v) is 14.4. The van der Waals surface area contributed by atoms with Gasteiger partial charge in [0.25, 0.3) is 0 Å². The van der Waals surface area contributed by atoms with Crippen molar-refractivity contribution in [3.05, 3.63) is 0 Å². The van der Waals surface area contributed by atoms with Crippen LogP contribution in [0, 0.1) is 5.92 Å². The third-order valence-electron chi connectivity index (χ3n) is 3.27. The summed E-state index contributed by atoms with van der Waals surface area (Å²) in [6.07, 6.45) is 4.30. The molecule has 5 nitrogen and oxygen atoms in total. The molecule has 0 heterocycles. The van der Waals surface area contributed by atoms with Crippen molar-refractivity contribution in [2.45, 2.75) is 46.5 Å². The lowest BCUT2D eigenvalue weighted by atomic mass is 10.1. The van der Waals surface area contributed by atoms with Gasteiger partial charge in [0, 0.05) is 33.1 Å². The smallest absolute Gasteiger partial charge is 0.223 e. The van der Waals surface area contributed by atoms with Crippen molar-refractivity contribution >= 4 is 15.9 Å². The lowest BCUT2D eigenvalue weighted by Gasteiger charge is -2.22. The third kappa shape index (κ3) is 8.53. The molecule has 20 heavy (non-hydrogen) atoms. The molecule has 0 fully saturated rings. The molecule has 6 heteroatoms. The topological polar surface area (TPSA) is 57.7 Å². The number of hydrogen-bond acceptors (Lipinski definition) is 3.